The Bertz CT molecular complexity index is 401. The molecule has 0 aromatic carbocycles. The first-order valence-corrected chi connectivity index (χ1v) is 8.04. The number of rotatable bonds is 3. The maximum Gasteiger partial charge on any atom is 0.249 e. The van der Waals surface area contributed by atoms with E-state index in [4.69, 9.17) is 0 Å². The minimum absolute atomic E-state index is 0.0169. The Morgan fingerprint density at radius 2 is 1.75 bits per heavy atom. The Labute approximate surface area is 122 Å². The molecule has 2 atom stereocenters. The fraction of sp³-hybridized carbons (Fsp3) is 0.875. The topological polar surface area (TPSA) is 49.4 Å². The molecule has 2 unspecified atom stereocenters. The SMILES string of the molecule is CCC1C(=O)NC(C)(CC)C(=O)N1C1(C)CCCCC1. The summed E-state index contributed by atoms with van der Waals surface area (Å²) in [5.74, 6) is 0.124. The first-order chi connectivity index (χ1) is 9.38. The quantitative estimate of drug-likeness (QED) is 0.864. The van der Waals surface area contributed by atoms with Crippen LogP contribution in [0.5, 0.6) is 0 Å². The van der Waals surface area contributed by atoms with E-state index >= 15 is 0 Å². The molecule has 2 amide bonds. The van der Waals surface area contributed by atoms with Crippen molar-refractivity contribution in [1.29, 1.82) is 0 Å². The van der Waals surface area contributed by atoms with Crippen molar-refractivity contribution in [3.05, 3.63) is 0 Å². The molecule has 1 N–H and O–H groups in total. The van der Waals surface area contributed by atoms with E-state index in [0.29, 0.717) is 12.8 Å². The van der Waals surface area contributed by atoms with E-state index in [1.54, 1.807) is 0 Å². The molecule has 1 aliphatic heterocycles. The number of carbonyl (C=O) groups is 2. The van der Waals surface area contributed by atoms with Crippen LogP contribution in [0.25, 0.3) is 0 Å². The highest BCUT2D eigenvalue weighted by Gasteiger charge is 2.52. The van der Waals surface area contributed by atoms with Crippen LogP contribution in [-0.2, 0) is 9.59 Å². The highest BCUT2D eigenvalue weighted by molar-refractivity contribution is 6.00. The summed E-state index contributed by atoms with van der Waals surface area (Å²) in [6, 6.07) is -0.301. The molecule has 1 aliphatic carbocycles. The molecule has 20 heavy (non-hydrogen) atoms. The minimum Gasteiger partial charge on any atom is -0.340 e. The average Bonchev–Trinajstić information content (AvgIpc) is 2.43. The van der Waals surface area contributed by atoms with E-state index in [1.165, 1.54) is 6.42 Å². The zero-order valence-electron chi connectivity index (χ0n) is 13.3. The van der Waals surface area contributed by atoms with Crippen LogP contribution in [0.15, 0.2) is 0 Å². The van der Waals surface area contributed by atoms with Gasteiger partial charge in [0.05, 0.1) is 0 Å². The van der Waals surface area contributed by atoms with Crippen molar-refractivity contribution in [3.8, 4) is 0 Å². The van der Waals surface area contributed by atoms with Gasteiger partial charge >= 0.3 is 0 Å². The summed E-state index contributed by atoms with van der Waals surface area (Å²) >= 11 is 0. The van der Waals surface area contributed by atoms with Crippen LogP contribution in [0.1, 0.15) is 72.6 Å². The third-order valence-corrected chi connectivity index (χ3v) is 5.31. The second-order valence-corrected chi connectivity index (χ2v) is 6.83. The standard InChI is InChI=1S/C16H28N2O2/c1-5-12-13(19)17-16(4,6-2)14(20)18(12)15(3)10-8-7-9-11-15/h12H,5-11H2,1-4H3,(H,17,19). The van der Waals surface area contributed by atoms with Gasteiger partial charge in [0.15, 0.2) is 0 Å². The minimum atomic E-state index is -0.733. The highest BCUT2D eigenvalue weighted by Crippen LogP contribution is 2.38. The van der Waals surface area contributed by atoms with Gasteiger partial charge in [-0.2, -0.15) is 0 Å². The predicted octanol–water partition coefficient (Wildman–Crippen LogP) is 2.61. The Kier molecular flexibility index (Phi) is 4.12. The summed E-state index contributed by atoms with van der Waals surface area (Å²) < 4.78 is 0. The second-order valence-electron chi connectivity index (χ2n) is 6.83. The smallest absolute Gasteiger partial charge is 0.249 e. The number of nitrogens with zero attached hydrogens (tertiary/aromatic N) is 1. The van der Waals surface area contributed by atoms with Gasteiger partial charge in [0, 0.05) is 5.54 Å². The monoisotopic (exact) mass is 280 g/mol. The largest absolute Gasteiger partial charge is 0.340 e. The van der Waals surface area contributed by atoms with Gasteiger partial charge < -0.3 is 10.2 Å². The van der Waals surface area contributed by atoms with Gasteiger partial charge in [-0.3, -0.25) is 9.59 Å². The lowest BCUT2D eigenvalue weighted by Gasteiger charge is -2.53. The van der Waals surface area contributed by atoms with E-state index in [2.05, 4.69) is 12.2 Å². The maximum atomic E-state index is 13.0. The molecule has 2 aliphatic rings. The fourth-order valence-corrected chi connectivity index (χ4v) is 3.72. The molecule has 0 radical (unpaired) electrons. The molecular weight excluding hydrogens is 252 g/mol. The van der Waals surface area contributed by atoms with Crippen molar-refractivity contribution in [2.75, 3.05) is 0 Å². The number of hydrogen-bond acceptors (Lipinski definition) is 2. The van der Waals surface area contributed by atoms with Gasteiger partial charge in [-0.25, -0.2) is 0 Å². The third kappa shape index (κ3) is 2.33. The summed E-state index contributed by atoms with van der Waals surface area (Å²) in [5, 5.41) is 2.95. The van der Waals surface area contributed by atoms with E-state index in [1.807, 2.05) is 25.7 Å². The maximum absolute atomic E-state index is 13.0. The van der Waals surface area contributed by atoms with Gasteiger partial charge in [-0.15, -0.1) is 0 Å². The number of hydrogen-bond donors (Lipinski definition) is 1. The molecule has 0 spiro atoms. The van der Waals surface area contributed by atoms with E-state index in [0.717, 1.165) is 25.7 Å². The molecule has 2 rings (SSSR count). The second kappa shape index (κ2) is 5.38. The van der Waals surface area contributed by atoms with Crippen LogP contribution in [0.2, 0.25) is 0 Å². The summed E-state index contributed by atoms with van der Waals surface area (Å²) in [4.78, 5) is 27.4. The summed E-state index contributed by atoms with van der Waals surface area (Å²) in [6.45, 7) is 7.98. The summed E-state index contributed by atoms with van der Waals surface area (Å²) in [6.07, 6.45) is 6.91. The molecule has 0 bridgehead atoms. The number of carbonyl (C=O) groups excluding carboxylic acids is 2. The van der Waals surface area contributed by atoms with Gasteiger partial charge in [-0.05, 0) is 39.5 Å². The molecule has 0 aromatic rings. The predicted molar refractivity (Wildman–Crippen MR) is 79.3 cm³/mol. The first-order valence-electron chi connectivity index (χ1n) is 8.04. The van der Waals surface area contributed by atoms with E-state index in [9.17, 15) is 9.59 Å². The van der Waals surface area contributed by atoms with Crippen molar-refractivity contribution >= 4 is 11.8 Å². The van der Waals surface area contributed by atoms with Gasteiger partial charge in [0.2, 0.25) is 11.8 Å². The molecule has 1 saturated carbocycles. The van der Waals surface area contributed by atoms with Crippen molar-refractivity contribution < 1.29 is 9.59 Å². The fourth-order valence-electron chi connectivity index (χ4n) is 3.72. The van der Waals surface area contributed by atoms with Crippen molar-refractivity contribution in [2.45, 2.75) is 89.8 Å². The van der Waals surface area contributed by atoms with Crippen LogP contribution in [0, 0.1) is 0 Å². The zero-order chi connectivity index (χ0) is 15.0. The number of nitrogens with one attached hydrogen (secondary N) is 1. The van der Waals surface area contributed by atoms with Crippen LogP contribution >= 0.6 is 0 Å². The van der Waals surface area contributed by atoms with E-state index < -0.39 is 5.54 Å². The Balaban J connectivity index is 2.38. The van der Waals surface area contributed by atoms with Gasteiger partial charge in [-0.1, -0.05) is 33.1 Å². The summed E-state index contributed by atoms with van der Waals surface area (Å²) in [7, 11) is 0. The molecule has 4 heteroatoms. The van der Waals surface area contributed by atoms with Gasteiger partial charge in [0.1, 0.15) is 11.6 Å². The summed E-state index contributed by atoms with van der Waals surface area (Å²) in [5.41, 5.74) is -0.882. The van der Waals surface area contributed by atoms with Crippen molar-refractivity contribution in [3.63, 3.8) is 0 Å². The van der Waals surface area contributed by atoms with Crippen LogP contribution < -0.4 is 5.32 Å². The molecule has 1 heterocycles. The molecule has 0 aromatic heterocycles. The van der Waals surface area contributed by atoms with Crippen LogP contribution in [-0.4, -0.2) is 33.8 Å². The number of piperazine rings is 1. The van der Waals surface area contributed by atoms with Crippen LogP contribution in [0.4, 0.5) is 0 Å². The highest BCUT2D eigenvalue weighted by atomic mass is 16.2. The Morgan fingerprint density at radius 1 is 1.15 bits per heavy atom. The van der Waals surface area contributed by atoms with E-state index in [-0.39, 0.29) is 23.4 Å². The van der Waals surface area contributed by atoms with Crippen LogP contribution in [0.3, 0.4) is 0 Å². The first kappa shape index (κ1) is 15.3. The normalized spacial score (nSPS) is 34.0. The lowest BCUT2D eigenvalue weighted by Crippen LogP contribution is -2.73. The molecule has 4 nitrogen and oxygen atoms in total. The Hall–Kier alpha value is -1.06. The lowest BCUT2D eigenvalue weighted by molar-refractivity contribution is -0.163. The molecule has 114 valence electrons. The zero-order valence-corrected chi connectivity index (χ0v) is 13.3. The molecule has 2 fully saturated rings. The van der Waals surface area contributed by atoms with Crippen molar-refractivity contribution in [2.24, 2.45) is 0 Å². The lowest BCUT2D eigenvalue weighted by atomic mass is 9.78. The third-order valence-electron chi connectivity index (χ3n) is 5.31. The molecular formula is C16H28N2O2. The number of amides is 2. The van der Waals surface area contributed by atoms with Gasteiger partial charge in [0.25, 0.3) is 0 Å². The van der Waals surface area contributed by atoms with Crippen molar-refractivity contribution in [1.82, 2.24) is 10.2 Å². The Morgan fingerprint density at radius 3 is 2.25 bits per heavy atom. The molecule has 1 saturated heterocycles. The average molecular weight is 280 g/mol.